The van der Waals surface area contributed by atoms with Crippen LogP contribution in [-0.4, -0.2) is 11.1 Å². The molecule has 0 aliphatic rings. The molecule has 0 fully saturated rings. The summed E-state index contributed by atoms with van der Waals surface area (Å²) < 4.78 is 39.1. The van der Waals surface area contributed by atoms with Crippen molar-refractivity contribution in [3.63, 3.8) is 0 Å². The van der Waals surface area contributed by atoms with Gasteiger partial charge in [-0.1, -0.05) is 12.1 Å². The lowest BCUT2D eigenvalue weighted by atomic mass is 10.1. The maximum absolute atomic E-state index is 13.1. The number of rotatable bonds is 5. The fourth-order valence-corrected chi connectivity index (χ4v) is 2.04. The van der Waals surface area contributed by atoms with E-state index in [1.807, 2.05) is 19.1 Å². The van der Waals surface area contributed by atoms with Gasteiger partial charge in [0.2, 0.25) is 0 Å². The van der Waals surface area contributed by atoms with E-state index in [1.165, 1.54) is 0 Å². The molecule has 0 aromatic heterocycles. The highest BCUT2D eigenvalue weighted by molar-refractivity contribution is 5.44. The Balaban J connectivity index is 1.92. The van der Waals surface area contributed by atoms with E-state index in [2.05, 4.69) is 5.32 Å². The molecule has 0 radical (unpaired) electrons. The number of halogens is 3. The van der Waals surface area contributed by atoms with E-state index in [4.69, 9.17) is 0 Å². The van der Waals surface area contributed by atoms with E-state index in [9.17, 15) is 18.3 Å². The summed E-state index contributed by atoms with van der Waals surface area (Å²) in [5.41, 5.74) is 1.27. The average molecular weight is 295 g/mol. The number of phenolic OH excluding ortho intramolecular Hbond substituents is 1. The Hall–Kier alpha value is -2.17. The van der Waals surface area contributed by atoms with Crippen molar-refractivity contribution < 1.29 is 18.3 Å². The summed E-state index contributed by atoms with van der Waals surface area (Å²) in [6.45, 7) is 1.87. The number of aryl methyl sites for hydroxylation is 1. The molecule has 112 valence electrons. The summed E-state index contributed by atoms with van der Waals surface area (Å²) >= 11 is 0. The zero-order chi connectivity index (χ0) is 15.4. The maximum atomic E-state index is 13.1. The van der Waals surface area contributed by atoms with Crippen molar-refractivity contribution in [2.75, 3.05) is 5.32 Å². The summed E-state index contributed by atoms with van der Waals surface area (Å²) in [5, 5.41) is 12.1. The third-order valence-electron chi connectivity index (χ3n) is 3.20. The Bertz CT molecular complexity index is 590. The highest BCUT2D eigenvalue weighted by Gasteiger charge is 2.11. The average Bonchev–Trinajstić information content (AvgIpc) is 2.44. The molecule has 0 saturated heterocycles. The van der Waals surface area contributed by atoms with Crippen LogP contribution < -0.4 is 5.32 Å². The third kappa shape index (κ3) is 4.15. The topological polar surface area (TPSA) is 32.3 Å². The van der Waals surface area contributed by atoms with Crippen LogP contribution in [0.5, 0.6) is 5.75 Å². The first-order valence-electron chi connectivity index (χ1n) is 6.64. The van der Waals surface area contributed by atoms with E-state index in [1.54, 1.807) is 12.1 Å². The van der Waals surface area contributed by atoms with Gasteiger partial charge in [-0.25, -0.2) is 13.2 Å². The molecule has 2 aromatic carbocycles. The number of aromatic hydroxyl groups is 1. The van der Waals surface area contributed by atoms with Gasteiger partial charge in [0, 0.05) is 23.9 Å². The molecule has 0 bridgehead atoms. The van der Waals surface area contributed by atoms with E-state index < -0.39 is 17.5 Å². The molecule has 0 amide bonds. The quantitative estimate of drug-likeness (QED) is 0.809. The first kappa shape index (κ1) is 15.2. The highest BCUT2D eigenvalue weighted by atomic mass is 19.2. The Kier molecular flexibility index (Phi) is 4.73. The second-order valence-electron chi connectivity index (χ2n) is 5.00. The molecular formula is C16H16F3NO. The monoisotopic (exact) mass is 295 g/mol. The van der Waals surface area contributed by atoms with Gasteiger partial charge in [0.15, 0.2) is 17.5 Å². The lowest BCUT2D eigenvalue weighted by molar-refractivity contribution is 0.447. The summed E-state index contributed by atoms with van der Waals surface area (Å²) in [5.74, 6) is -3.66. The van der Waals surface area contributed by atoms with Crippen LogP contribution in [-0.2, 0) is 6.42 Å². The molecule has 0 spiro atoms. The van der Waals surface area contributed by atoms with Gasteiger partial charge in [0.1, 0.15) is 5.75 Å². The fraction of sp³-hybridized carbons (Fsp3) is 0.250. The molecule has 2 N–H and O–H groups in total. The van der Waals surface area contributed by atoms with Crippen LogP contribution in [0.15, 0.2) is 36.4 Å². The molecule has 5 heteroatoms. The van der Waals surface area contributed by atoms with Crippen molar-refractivity contribution in [3.05, 3.63) is 59.4 Å². The van der Waals surface area contributed by atoms with Crippen LogP contribution in [0.1, 0.15) is 18.9 Å². The SMILES string of the molecule is CC(CCc1ccc(O)cc1)Nc1cc(F)c(F)c(F)c1. The molecule has 0 aliphatic heterocycles. The second kappa shape index (κ2) is 6.52. The van der Waals surface area contributed by atoms with Crippen LogP contribution in [0.25, 0.3) is 0 Å². The molecular weight excluding hydrogens is 279 g/mol. The molecule has 21 heavy (non-hydrogen) atoms. The standard InChI is InChI=1S/C16H16F3NO/c1-10(2-3-11-4-6-13(21)7-5-11)20-12-8-14(17)16(19)15(18)9-12/h4-10,20-21H,2-3H2,1H3. The molecule has 2 aromatic rings. The molecule has 2 rings (SSSR count). The van der Waals surface area contributed by atoms with Crippen LogP contribution in [0.2, 0.25) is 0 Å². The summed E-state index contributed by atoms with van der Waals surface area (Å²) in [7, 11) is 0. The van der Waals surface area contributed by atoms with Gasteiger partial charge in [-0.05, 0) is 37.5 Å². The minimum absolute atomic E-state index is 0.0388. The van der Waals surface area contributed by atoms with Crippen molar-refractivity contribution >= 4 is 5.69 Å². The third-order valence-corrected chi connectivity index (χ3v) is 3.20. The van der Waals surface area contributed by atoms with Crippen LogP contribution in [0.3, 0.4) is 0 Å². The zero-order valence-electron chi connectivity index (χ0n) is 11.5. The van der Waals surface area contributed by atoms with Crippen molar-refractivity contribution in [1.29, 1.82) is 0 Å². The number of hydrogen-bond acceptors (Lipinski definition) is 2. The number of benzene rings is 2. The molecule has 0 heterocycles. The van der Waals surface area contributed by atoms with Gasteiger partial charge in [-0.2, -0.15) is 0 Å². The van der Waals surface area contributed by atoms with Crippen LogP contribution >= 0.6 is 0 Å². The van der Waals surface area contributed by atoms with Crippen molar-refractivity contribution in [2.24, 2.45) is 0 Å². The normalized spacial score (nSPS) is 12.2. The Morgan fingerprint density at radius 3 is 2.19 bits per heavy atom. The number of hydrogen-bond donors (Lipinski definition) is 2. The smallest absolute Gasteiger partial charge is 0.194 e. The lowest BCUT2D eigenvalue weighted by Gasteiger charge is -2.15. The molecule has 2 nitrogen and oxygen atoms in total. The van der Waals surface area contributed by atoms with Gasteiger partial charge >= 0.3 is 0 Å². The Morgan fingerprint density at radius 1 is 1.05 bits per heavy atom. The molecule has 1 atom stereocenters. The van der Waals surface area contributed by atoms with Gasteiger partial charge < -0.3 is 10.4 Å². The van der Waals surface area contributed by atoms with E-state index in [0.29, 0.717) is 0 Å². The van der Waals surface area contributed by atoms with Crippen molar-refractivity contribution in [1.82, 2.24) is 0 Å². The minimum atomic E-state index is -1.46. The van der Waals surface area contributed by atoms with Crippen LogP contribution in [0, 0.1) is 17.5 Å². The lowest BCUT2D eigenvalue weighted by Crippen LogP contribution is -2.16. The fourth-order valence-electron chi connectivity index (χ4n) is 2.04. The Morgan fingerprint density at radius 2 is 1.62 bits per heavy atom. The van der Waals surface area contributed by atoms with E-state index >= 15 is 0 Å². The minimum Gasteiger partial charge on any atom is -0.508 e. The largest absolute Gasteiger partial charge is 0.508 e. The van der Waals surface area contributed by atoms with Gasteiger partial charge in [0.25, 0.3) is 0 Å². The first-order chi connectivity index (χ1) is 9.95. The summed E-state index contributed by atoms with van der Waals surface area (Å²) in [4.78, 5) is 0. The van der Waals surface area contributed by atoms with Crippen molar-refractivity contribution in [2.45, 2.75) is 25.8 Å². The van der Waals surface area contributed by atoms with Crippen LogP contribution in [0.4, 0.5) is 18.9 Å². The number of anilines is 1. The highest BCUT2D eigenvalue weighted by Crippen LogP contribution is 2.19. The number of phenols is 1. The summed E-state index contributed by atoms with van der Waals surface area (Å²) in [6, 6.07) is 8.70. The Labute approximate surface area is 121 Å². The van der Waals surface area contributed by atoms with E-state index in [0.717, 1.165) is 30.5 Å². The predicted octanol–water partition coefficient (Wildman–Crippen LogP) is 4.24. The van der Waals surface area contributed by atoms with Gasteiger partial charge in [0.05, 0.1) is 0 Å². The first-order valence-corrected chi connectivity index (χ1v) is 6.64. The van der Waals surface area contributed by atoms with E-state index in [-0.39, 0.29) is 17.5 Å². The molecule has 1 unspecified atom stereocenters. The zero-order valence-corrected chi connectivity index (χ0v) is 11.5. The molecule has 0 saturated carbocycles. The predicted molar refractivity (Wildman–Crippen MR) is 75.8 cm³/mol. The maximum Gasteiger partial charge on any atom is 0.194 e. The number of nitrogens with one attached hydrogen (secondary N) is 1. The molecule has 0 aliphatic carbocycles. The van der Waals surface area contributed by atoms with Crippen molar-refractivity contribution in [3.8, 4) is 5.75 Å². The second-order valence-corrected chi connectivity index (χ2v) is 5.00. The van der Waals surface area contributed by atoms with Gasteiger partial charge in [-0.3, -0.25) is 0 Å². The summed E-state index contributed by atoms with van der Waals surface area (Å²) in [6.07, 6.45) is 1.48. The van der Waals surface area contributed by atoms with Gasteiger partial charge in [-0.15, -0.1) is 0 Å².